The highest BCUT2D eigenvalue weighted by molar-refractivity contribution is 6.07. The normalized spacial score (nSPS) is 11.2. The van der Waals surface area contributed by atoms with Gasteiger partial charge in [0.15, 0.2) is 5.78 Å². The average molecular weight is 346 g/mol. The van der Waals surface area contributed by atoms with Gasteiger partial charge in [0.05, 0.1) is 18.0 Å². The van der Waals surface area contributed by atoms with Crippen LogP contribution in [0.1, 0.15) is 38.3 Å². The molecule has 26 heavy (non-hydrogen) atoms. The van der Waals surface area contributed by atoms with E-state index >= 15 is 0 Å². The Morgan fingerprint density at radius 1 is 1.08 bits per heavy atom. The Morgan fingerprint density at radius 2 is 1.88 bits per heavy atom. The van der Waals surface area contributed by atoms with Crippen LogP contribution in [0.3, 0.4) is 0 Å². The van der Waals surface area contributed by atoms with Gasteiger partial charge in [0.25, 0.3) is 0 Å². The summed E-state index contributed by atoms with van der Waals surface area (Å²) in [5.41, 5.74) is 7.38. The maximum absolute atomic E-state index is 12.4. The number of hydrogen-bond acceptors (Lipinski definition) is 3. The van der Waals surface area contributed by atoms with E-state index in [1.807, 2.05) is 31.2 Å². The van der Waals surface area contributed by atoms with Crippen LogP contribution in [0.5, 0.6) is 0 Å². The van der Waals surface area contributed by atoms with Gasteiger partial charge in [-0.15, -0.1) is 0 Å². The number of aliphatic hydroxyl groups excluding tert-OH is 1. The molecule has 1 heterocycles. The molecule has 0 saturated heterocycles. The summed E-state index contributed by atoms with van der Waals surface area (Å²) >= 11 is 0. The van der Waals surface area contributed by atoms with Gasteiger partial charge in [-0.2, -0.15) is 5.10 Å². The smallest absolute Gasteiger partial charge is 0.185 e. The van der Waals surface area contributed by atoms with Gasteiger partial charge in [-0.3, -0.25) is 9.89 Å². The number of rotatable bonds is 5. The summed E-state index contributed by atoms with van der Waals surface area (Å²) in [6, 6.07) is 13.5. The van der Waals surface area contributed by atoms with E-state index < -0.39 is 0 Å². The van der Waals surface area contributed by atoms with Gasteiger partial charge in [-0.25, -0.2) is 0 Å². The van der Waals surface area contributed by atoms with Crippen molar-refractivity contribution in [3.05, 3.63) is 82.1 Å². The number of nitrogens with one attached hydrogen (secondary N) is 1. The molecule has 1 aromatic heterocycles. The molecule has 0 atom stereocenters. The summed E-state index contributed by atoms with van der Waals surface area (Å²) in [6.07, 6.45) is 3.24. The third-order valence-corrected chi connectivity index (χ3v) is 4.42. The molecule has 0 saturated carbocycles. The highest BCUT2D eigenvalue weighted by atomic mass is 16.3. The molecular formula is C22H22N2O2. The zero-order chi connectivity index (χ0) is 18.7. The van der Waals surface area contributed by atoms with Gasteiger partial charge in [0.2, 0.25) is 0 Å². The molecule has 4 heteroatoms. The lowest BCUT2D eigenvalue weighted by Crippen LogP contribution is -1.97. The van der Waals surface area contributed by atoms with Crippen LogP contribution in [0.25, 0.3) is 17.3 Å². The van der Waals surface area contributed by atoms with Gasteiger partial charge >= 0.3 is 0 Å². The zero-order valence-electron chi connectivity index (χ0n) is 15.2. The molecule has 0 aliphatic carbocycles. The molecule has 132 valence electrons. The molecule has 0 fully saturated rings. The molecular weight excluding hydrogens is 324 g/mol. The molecule has 0 aliphatic rings. The second-order valence-electron chi connectivity index (χ2n) is 6.57. The standard InChI is InChI=1S/C22H22N2O2/c1-14-8-17(13-25)11-19(9-14)22(26)7-6-20-12-21(24-23-20)18-5-4-15(2)16(3)10-18/h4-12,25H,13H2,1-3H3,(H,23,24)/b7-6+. The molecule has 3 rings (SSSR count). The lowest BCUT2D eigenvalue weighted by atomic mass is 10.0. The van der Waals surface area contributed by atoms with Crippen LogP contribution in [0.2, 0.25) is 0 Å². The van der Waals surface area contributed by atoms with E-state index in [9.17, 15) is 9.90 Å². The van der Waals surface area contributed by atoms with Crippen LogP contribution >= 0.6 is 0 Å². The van der Waals surface area contributed by atoms with E-state index in [2.05, 4.69) is 36.2 Å². The van der Waals surface area contributed by atoms with Crippen LogP contribution in [0.4, 0.5) is 0 Å². The molecule has 0 amide bonds. The second-order valence-corrected chi connectivity index (χ2v) is 6.57. The molecule has 0 radical (unpaired) electrons. The Hall–Kier alpha value is -2.98. The number of allylic oxidation sites excluding steroid dienone is 1. The van der Waals surface area contributed by atoms with Crippen molar-refractivity contribution in [2.75, 3.05) is 0 Å². The largest absolute Gasteiger partial charge is 0.392 e. The van der Waals surface area contributed by atoms with Crippen molar-refractivity contribution in [1.29, 1.82) is 0 Å². The van der Waals surface area contributed by atoms with E-state index in [0.717, 1.165) is 28.1 Å². The summed E-state index contributed by atoms with van der Waals surface area (Å²) < 4.78 is 0. The summed E-state index contributed by atoms with van der Waals surface area (Å²) in [5.74, 6) is -0.106. The van der Waals surface area contributed by atoms with Gasteiger partial charge in [0.1, 0.15) is 0 Å². The van der Waals surface area contributed by atoms with Crippen molar-refractivity contribution in [2.24, 2.45) is 0 Å². The van der Waals surface area contributed by atoms with E-state index in [1.54, 1.807) is 12.1 Å². The van der Waals surface area contributed by atoms with Crippen LogP contribution in [-0.4, -0.2) is 21.1 Å². The number of aromatic nitrogens is 2. The third-order valence-electron chi connectivity index (χ3n) is 4.42. The fraction of sp³-hybridized carbons (Fsp3) is 0.182. The van der Waals surface area contributed by atoms with Crippen molar-refractivity contribution >= 4 is 11.9 Å². The summed E-state index contributed by atoms with van der Waals surface area (Å²) in [6.45, 7) is 5.99. The Bertz CT molecular complexity index is 984. The molecule has 0 unspecified atom stereocenters. The number of ketones is 1. The number of carbonyl (C=O) groups is 1. The summed E-state index contributed by atoms with van der Waals surface area (Å²) in [4.78, 5) is 12.4. The number of hydrogen-bond donors (Lipinski definition) is 2. The molecule has 0 bridgehead atoms. The molecule has 4 nitrogen and oxygen atoms in total. The van der Waals surface area contributed by atoms with E-state index in [4.69, 9.17) is 0 Å². The molecule has 3 aromatic rings. The number of aryl methyl sites for hydroxylation is 3. The highest BCUT2D eigenvalue weighted by Crippen LogP contribution is 2.21. The first-order chi connectivity index (χ1) is 12.5. The Labute approximate surface area is 153 Å². The minimum absolute atomic E-state index is 0.0778. The predicted molar refractivity (Wildman–Crippen MR) is 104 cm³/mol. The lowest BCUT2D eigenvalue weighted by Gasteiger charge is -2.02. The fourth-order valence-electron chi connectivity index (χ4n) is 2.83. The molecule has 2 aromatic carbocycles. The number of carbonyl (C=O) groups excluding carboxylic acids is 1. The first kappa shape index (κ1) is 17.8. The summed E-state index contributed by atoms with van der Waals surface area (Å²) in [5, 5.41) is 16.6. The predicted octanol–water partition coefficient (Wildman–Crippen LogP) is 4.39. The lowest BCUT2D eigenvalue weighted by molar-refractivity contribution is 0.104. The van der Waals surface area contributed by atoms with Crippen molar-refractivity contribution in [3.8, 4) is 11.3 Å². The first-order valence-corrected chi connectivity index (χ1v) is 8.53. The minimum atomic E-state index is -0.106. The van der Waals surface area contributed by atoms with E-state index in [0.29, 0.717) is 5.56 Å². The van der Waals surface area contributed by atoms with E-state index in [-0.39, 0.29) is 12.4 Å². The van der Waals surface area contributed by atoms with Gasteiger partial charge in [0, 0.05) is 11.1 Å². The number of benzene rings is 2. The first-order valence-electron chi connectivity index (χ1n) is 8.53. The van der Waals surface area contributed by atoms with Gasteiger partial charge < -0.3 is 5.11 Å². The minimum Gasteiger partial charge on any atom is -0.392 e. The zero-order valence-corrected chi connectivity index (χ0v) is 15.2. The number of nitrogens with zero attached hydrogens (tertiary/aromatic N) is 1. The third kappa shape index (κ3) is 3.98. The van der Waals surface area contributed by atoms with Crippen molar-refractivity contribution in [3.63, 3.8) is 0 Å². The summed E-state index contributed by atoms with van der Waals surface area (Å²) in [7, 11) is 0. The van der Waals surface area contributed by atoms with Crippen LogP contribution in [0, 0.1) is 20.8 Å². The molecule has 2 N–H and O–H groups in total. The Balaban J connectivity index is 1.79. The fourth-order valence-corrected chi connectivity index (χ4v) is 2.83. The molecule has 0 spiro atoms. The SMILES string of the molecule is Cc1cc(CO)cc(C(=O)/C=C/c2cc(-c3ccc(C)c(C)c3)n[nH]2)c1. The maximum atomic E-state index is 12.4. The average Bonchev–Trinajstić information content (AvgIpc) is 3.10. The number of H-pyrrole nitrogens is 1. The quantitative estimate of drug-likeness (QED) is 0.532. The Kier molecular flexibility index (Phi) is 5.14. The number of aromatic amines is 1. The maximum Gasteiger partial charge on any atom is 0.185 e. The Morgan fingerprint density at radius 3 is 2.62 bits per heavy atom. The van der Waals surface area contributed by atoms with E-state index in [1.165, 1.54) is 17.2 Å². The van der Waals surface area contributed by atoms with Crippen molar-refractivity contribution in [1.82, 2.24) is 10.2 Å². The number of aliphatic hydroxyl groups is 1. The highest BCUT2D eigenvalue weighted by Gasteiger charge is 2.07. The van der Waals surface area contributed by atoms with Gasteiger partial charge in [-0.1, -0.05) is 23.8 Å². The second kappa shape index (κ2) is 7.50. The monoisotopic (exact) mass is 346 g/mol. The van der Waals surface area contributed by atoms with Crippen molar-refractivity contribution < 1.29 is 9.90 Å². The van der Waals surface area contributed by atoms with Crippen LogP contribution in [-0.2, 0) is 6.61 Å². The van der Waals surface area contributed by atoms with Crippen LogP contribution in [0.15, 0.2) is 48.5 Å². The molecule has 0 aliphatic heterocycles. The van der Waals surface area contributed by atoms with Crippen LogP contribution < -0.4 is 0 Å². The topological polar surface area (TPSA) is 66.0 Å². The van der Waals surface area contributed by atoms with Gasteiger partial charge in [-0.05, 0) is 73.9 Å². The van der Waals surface area contributed by atoms with Crippen molar-refractivity contribution in [2.45, 2.75) is 27.4 Å².